The number of rotatable bonds is 5. The van der Waals surface area contributed by atoms with Crippen molar-refractivity contribution >= 4 is 5.97 Å². The second kappa shape index (κ2) is 8.68. The minimum Gasteiger partial charge on any atom is -0.385 e. The fourth-order valence-corrected chi connectivity index (χ4v) is 8.10. The Morgan fingerprint density at radius 2 is 1.50 bits per heavy atom. The molecule has 1 aliphatic carbocycles. The molecule has 1 fully saturated rings. The molecular formula is C37H33N3O2+2. The van der Waals surface area contributed by atoms with Crippen LogP contribution in [0.2, 0.25) is 0 Å². The molecule has 3 aliphatic rings. The lowest BCUT2D eigenvalue weighted by Gasteiger charge is -2.27. The van der Waals surface area contributed by atoms with E-state index >= 15 is 0 Å². The van der Waals surface area contributed by atoms with Crippen LogP contribution in [0.1, 0.15) is 49.7 Å². The molecule has 0 radical (unpaired) electrons. The third-order valence-corrected chi connectivity index (χ3v) is 10.2. The molecule has 0 saturated heterocycles. The van der Waals surface area contributed by atoms with Gasteiger partial charge in [-0.15, -0.1) is 4.57 Å². The topological polar surface area (TPSA) is 47.0 Å². The summed E-state index contributed by atoms with van der Waals surface area (Å²) in [4.78, 5) is 19.0. The Labute approximate surface area is 246 Å². The van der Waals surface area contributed by atoms with E-state index in [9.17, 15) is 4.79 Å². The summed E-state index contributed by atoms with van der Waals surface area (Å²) in [6.07, 6.45) is 6.11. The molecule has 8 rings (SSSR count). The van der Waals surface area contributed by atoms with Crippen LogP contribution in [0.3, 0.4) is 0 Å². The molecular weight excluding hydrogens is 518 g/mol. The van der Waals surface area contributed by atoms with Crippen LogP contribution in [0.5, 0.6) is 0 Å². The summed E-state index contributed by atoms with van der Waals surface area (Å²) in [5.41, 5.74) is 5.89. The van der Waals surface area contributed by atoms with Crippen molar-refractivity contribution in [2.24, 2.45) is 5.92 Å². The average Bonchev–Trinajstić information content (AvgIpc) is 3.34. The van der Waals surface area contributed by atoms with E-state index < -0.39 is 16.7 Å². The van der Waals surface area contributed by atoms with Gasteiger partial charge in [0.25, 0.3) is 11.2 Å². The summed E-state index contributed by atoms with van der Waals surface area (Å²) in [6.45, 7) is 6.86. The molecule has 1 saturated carbocycles. The number of hydrogen-bond acceptors (Lipinski definition) is 3. The van der Waals surface area contributed by atoms with Crippen molar-refractivity contribution in [3.63, 3.8) is 0 Å². The number of hydrogen-bond donors (Lipinski definition) is 0. The second-order valence-electron chi connectivity index (χ2n) is 12.2. The lowest BCUT2D eigenvalue weighted by Crippen LogP contribution is -2.61. The Bertz CT molecular complexity index is 1890. The highest BCUT2D eigenvalue weighted by molar-refractivity contribution is 5.89. The second-order valence-corrected chi connectivity index (χ2v) is 12.2. The highest BCUT2D eigenvalue weighted by Gasteiger charge is 3.06. The van der Waals surface area contributed by atoms with Gasteiger partial charge in [-0.3, -0.25) is 0 Å². The van der Waals surface area contributed by atoms with Crippen molar-refractivity contribution in [3.05, 3.63) is 127 Å². The number of nitrogens with zero attached hydrogens (tertiary/aromatic N) is 3. The predicted octanol–water partition coefficient (Wildman–Crippen LogP) is 6.60. The van der Waals surface area contributed by atoms with Gasteiger partial charge in [0.2, 0.25) is 5.69 Å². The fraction of sp³-hybridized carbons (Fsp3) is 0.243. The van der Waals surface area contributed by atoms with E-state index in [1.807, 2.05) is 36.5 Å². The summed E-state index contributed by atoms with van der Waals surface area (Å²) in [7, 11) is 0. The molecule has 206 valence electrons. The van der Waals surface area contributed by atoms with Crippen LogP contribution in [0, 0.1) is 5.92 Å². The minimum absolute atomic E-state index is 0.269. The van der Waals surface area contributed by atoms with Crippen molar-refractivity contribution in [2.45, 2.75) is 50.3 Å². The van der Waals surface area contributed by atoms with Crippen LogP contribution in [0.4, 0.5) is 0 Å². The monoisotopic (exact) mass is 551 g/mol. The number of carbonyl (C=O) groups is 1. The largest absolute Gasteiger partial charge is 0.409 e. The van der Waals surface area contributed by atoms with Gasteiger partial charge in [-0.2, -0.15) is 4.57 Å². The fourth-order valence-electron chi connectivity index (χ4n) is 8.10. The molecule has 0 amide bonds. The van der Waals surface area contributed by atoms with E-state index in [0.29, 0.717) is 11.6 Å². The minimum atomic E-state index is -0.924. The van der Waals surface area contributed by atoms with E-state index in [1.165, 1.54) is 5.56 Å². The maximum atomic E-state index is 13.6. The first-order valence-electron chi connectivity index (χ1n) is 14.9. The number of carbonyl (C=O) groups excluding carboxylic acids is 1. The van der Waals surface area contributed by atoms with Crippen molar-refractivity contribution < 1.29 is 18.7 Å². The molecule has 0 bridgehead atoms. The normalized spacial score (nSPS) is 25.2. The molecule has 5 aromatic rings. The summed E-state index contributed by atoms with van der Waals surface area (Å²) < 4.78 is 11.3. The zero-order chi connectivity index (χ0) is 28.7. The first-order chi connectivity index (χ1) is 20.5. The highest BCUT2D eigenvalue weighted by atomic mass is 16.6. The van der Waals surface area contributed by atoms with Crippen LogP contribution < -0.4 is 9.13 Å². The first-order valence-corrected chi connectivity index (χ1v) is 14.9. The van der Waals surface area contributed by atoms with Gasteiger partial charge < -0.3 is 4.74 Å². The number of fused-ring (bicyclic) bond motifs is 10. The highest BCUT2D eigenvalue weighted by Crippen LogP contribution is 2.76. The van der Waals surface area contributed by atoms with Gasteiger partial charge in [0.05, 0.1) is 5.56 Å². The van der Waals surface area contributed by atoms with E-state index in [0.717, 1.165) is 46.6 Å². The van der Waals surface area contributed by atoms with Gasteiger partial charge in [-0.05, 0) is 30.5 Å². The summed E-state index contributed by atoms with van der Waals surface area (Å²) in [6, 6.07) is 35.3. The van der Waals surface area contributed by atoms with E-state index in [1.54, 1.807) is 0 Å². The Balaban J connectivity index is 1.55. The third-order valence-electron chi connectivity index (χ3n) is 10.2. The van der Waals surface area contributed by atoms with Gasteiger partial charge in [-0.1, -0.05) is 99.1 Å². The maximum Gasteiger partial charge on any atom is 0.409 e. The zero-order valence-electron chi connectivity index (χ0n) is 24.1. The van der Waals surface area contributed by atoms with Crippen LogP contribution in [-0.2, 0) is 21.4 Å². The molecule has 2 aromatic heterocycles. The Morgan fingerprint density at radius 3 is 2.24 bits per heavy atom. The number of ether oxygens (including phenoxy) is 1. The summed E-state index contributed by atoms with van der Waals surface area (Å²) >= 11 is 0. The Hall–Kier alpha value is -4.64. The van der Waals surface area contributed by atoms with Crippen LogP contribution in [0.25, 0.3) is 33.8 Å². The van der Waals surface area contributed by atoms with Gasteiger partial charge in [0, 0.05) is 29.7 Å². The van der Waals surface area contributed by atoms with Crippen molar-refractivity contribution in [2.75, 3.05) is 0 Å². The lowest BCUT2D eigenvalue weighted by molar-refractivity contribution is -0.831. The maximum absolute atomic E-state index is 13.6. The van der Waals surface area contributed by atoms with E-state index in [-0.39, 0.29) is 5.97 Å². The summed E-state index contributed by atoms with van der Waals surface area (Å²) in [5.74, 6) is 0.116. The SMILES string of the molecule is CCC(C)CC12[n+]3cc(-c4ccccc4)nc(-c4ccccc4)c3-c3ccccc3C1(C)C21OC(=O)c2cccc[n+]21. The van der Waals surface area contributed by atoms with Crippen LogP contribution in [0.15, 0.2) is 116 Å². The summed E-state index contributed by atoms with van der Waals surface area (Å²) in [5, 5.41) is 0. The average molecular weight is 552 g/mol. The molecule has 5 nitrogen and oxygen atoms in total. The standard InChI is InChI=1S/C37H33N3O2/c1-4-25(2)23-36-35(3,37(36)39-22-14-13-21-31(39)34(41)42-37)29-20-12-11-19-28(29)33-32(27-17-9-6-10-18-27)38-30(24-40(33)36)26-15-7-5-8-16-26/h5-22,24-25H,4,23H2,1-3H3/q+2. The molecule has 0 N–H and O–H groups in total. The van der Waals surface area contributed by atoms with Crippen molar-refractivity contribution in [1.29, 1.82) is 0 Å². The predicted molar refractivity (Wildman–Crippen MR) is 160 cm³/mol. The van der Waals surface area contributed by atoms with Crippen molar-refractivity contribution in [1.82, 2.24) is 4.98 Å². The molecule has 4 heterocycles. The Morgan fingerprint density at radius 1 is 0.833 bits per heavy atom. The Kier molecular flexibility index (Phi) is 5.19. The van der Waals surface area contributed by atoms with E-state index in [2.05, 4.69) is 109 Å². The number of benzene rings is 3. The van der Waals surface area contributed by atoms with Gasteiger partial charge >= 0.3 is 11.7 Å². The van der Waals surface area contributed by atoms with Crippen molar-refractivity contribution in [3.8, 4) is 33.8 Å². The third kappa shape index (κ3) is 2.88. The molecule has 4 unspecified atom stereocenters. The number of pyridine rings is 1. The molecule has 4 atom stereocenters. The number of esters is 1. The van der Waals surface area contributed by atoms with Gasteiger partial charge in [0.15, 0.2) is 17.8 Å². The van der Waals surface area contributed by atoms with Crippen LogP contribution in [-0.4, -0.2) is 11.0 Å². The van der Waals surface area contributed by atoms with Crippen LogP contribution >= 0.6 is 0 Å². The first kappa shape index (κ1) is 25.1. The van der Waals surface area contributed by atoms with E-state index in [4.69, 9.17) is 9.72 Å². The molecule has 5 heteroatoms. The lowest BCUT2D eigenvalue weighted by atomic mass is 9.79. The zero-order valence-corrected chi connectivity index (χ0v) is 24.1. The number of aromatic nitrogens is 3. The molecule has 2 aliphatic heterocycles. The smallest absolute Gasteiger partial charge is 0.385 e. The quantitative estimate of drug-likeness (QED) is 0.183. The molecule has 1 spiro atoms. The van der Waals surface area contributed by atoms with Gasteiger partial charge in [-0.25, -0.2) is 9.78 Å². The van der Waals surface area contributed by atoms with Gasteiger partial charge in [0.1, 0.15) is 11.4 Å². The molecule has 42 heavy (non-hydrogen) atoms. The molecule has 3 aromatic carbocycles.